The number of rotatable bonds is 1. The Labute approximate surface area is 92.9 Å². The van der Waals surface area contributed by atoms with Crippen LogP contribution in [0.25, 0.3) is 22.3 Å². The molecule has 0 saturated heterocycles. The highest BCUT2D eigenvalue weighted by molar-refractivity contribution is 5.93. The van der Waals surface area contributed by atoms with Crippen molar-refractivity contribution in [3.8, 4) is 11.4 Å². The number of fused-ring (bicyclic) bond motifs is 1. The predicted octanol–water partition coefficient (Wildman–Crippen LogP) is 2.27. The molecule has 80 valence electrons. The van der Waals surface area contributed by atoms with E-state index in [0.717, 1.165) is 22.7 Å². The smallest absolute Gasteiger partial charge is 0.165 e. The fourth-order valence-corrected chi connectivity index (χ4v) is 1.90. The minimum absolute atomic E-state index is 0.898. The molecule has 0 fully saturated rings. The molecule has 0 aliphatic heterocycles. The van der Waals surface area contributed by atoms with Gasteiger partial charge in [-0.3, -0.25) is 0 Å². The van der Waals surface area contributed by atoms with Crippen LogP contribution in [0.5, 0.6) is 0 Å². The van der Waals surface area contributed by atoms with Crippen molar-refractivity contribution in [1.29, 1.82) is 0 Å². The highest BCUT2D eigenvalue weighted by Crippen LogP contribution is 2.26. The molecule has 0 unspecified atom stereocenters. The van der Waals surface area contributed by atoms with E-state index in [1.165, 1.54) is 5.39 Å². The third-order valence-corrected chi connectivity index (χ3v) is 2.92. The Balaban J connectivity index is 2.30. The van der Waals surface area contributed by atoms with Crippen LogP contribution >= 0.6 is 0 Å². The summed E-state index contributed by atoms with van der Waals surface area (Å²) < 4.78 is 2.00. The molecule has 4 heteroatoms. The van der Waals surface area contributed by atoms with Crippen molar-refractivity contribution >= 4 is 10.9 Å². The lowest BCUT2D eigenvalue weighted by Gasteiger charge is -1.99. The summed E-state index contributed by atoms with van der Waals surface area (Å²) in [6, 6.07) is 8.20. The molecular formula is C12H12N4. The van der Waals surface area contributed by atoms with Gasteiger partial charge in [0.2, 0.25) is 0 Å². The van der Waals surface area contributed by atoms with E-state index in [2.05, 4.69) is 27.3 Å². The van der Waals surface area contributed by atoms with Gasteiger partial charge in [-0.25, -0.2) is 0 Å². The number of nitrogens with one attached hydrogen (secondary N) is 1. The van der Waals surface area contributed by atoms with Gasteiger partial charge in [-0.05, 0) is 13.0 Å². The van der Waals surface area contributed by atoms with Crippen LogP contribution in [-0.2, 0) is 7.05 Å². The normalized spacial score (nSPS) is 11.1. The Morgan fingerprint density at radius 1 is 1.19 bits per heavy atom. The molecule has 0 spiro atoms. The number of aromatic amines is 1. The lowest BCUT2D eigenvalue weighted by molar-refractivity contribution is 0.865. The minimum atomic E-state index is 0.898. The lowest BCUT2D eigenvalue weighted by Crippen LogP contribution is -1.94. The van der Waals surface area contributed by atoms with E-state index in [0.29, 0.717) is 0 Å². The lowest BCUT2D eigenvalue weighted by atomic mass is 10.1. The van der Waals surface area contributed by atoms with E-state index in [1.807, 2.05) is 36.9 Å². The van der Waals surface area contributed by atoms with E-state index < -0.39 is 0 Å². The number of hydrogen-bond donors (Lipinski definition) is 1. The van der Waals surface area contributed by atoms with E-state index in [4.69, 9.17) is 0 Å². The zero-order valence-corrected chi connectivity index (χ0v) is 9.23. The fourth-order valence-electron chi connectivity index (χ4n) is 1.90. The van der Waals surface area contributed by atoms with E-state index in [-0.39, 0.29) is 0 Å². The maximum absolute atomic E-state index is 4.20. The van der Waals surface area contributed by atoms with Gasteiger partial charge in [0.15, 0.2) is 5.82 Å². The summed E-state index contributed by atoms with van der Waals surface area (Å²) in [7, 11) is 1.98. The summed E-state index contributed by atoms with van der Waals surface area (Å²) in [6.45, 7) is 1.95. The first-order chi connectivity index (χ1) is 7.77. The van der Waals surface area contributed by atoms with Gasteiger partial charge >= 0.3 is 0 Å². The molecule has 16 heavy (non-hydrogen) atoms. The summed E-state index contributed by atoms with van der Waals surface area (Å²) in [5.41, 5.74) is 2.22. The molecule has 4 nitrogen and oxygen atoms in total. The van der Waals surface area contributed by atoms with E-state index in [1.54, 1.807) is 0 Å². The van der Waals surface area contributed by atoms with Crippen LogP contribution in [0.4, 0.5) is 0 Å². The van der Waals surface area contributed by atoms with Crippen LogP contribution in [0.1, 0.15) is 5.82 Å². The standard InChI is InChI=1S/C12H12N4/c1-8-14-15-12(16(8)2)10-7-13-11-6-4-3-5-9(10)11/h3-7,13H,1-2H3. The Hall–Kier alpha value is -2.10. The zero-order chi connectivity index (χ0) is 11.1. The van der Waals surface area contributed by atoms with Crippen molar-refractivity contribution in [2.24, 2.45) is 7.05 Å². The molecule has 1 aromatic carbocycles. The van der Waals surface area contributed by atoms with Gasteiger partial charge in [-0.1, -0.05) is 18.2 Å². The quantitative estimate of drug-likeness (QED) is 0.672. The third kappa shape index (κ3) is 1.16. The SMILES string of the molecule is Cc1nnc(-c2c[nH]c3ccccc23)n1C. The van der Waals surface area contributed by atoms with Gasteiger partial charge < -0.3 is 9.55 Å². The zero-order valence-electron chi connectivity index (χ0n) is 9.23. The van der Waals surface area contributed by atoms with E-state index >= 15 is 0 Å². The molecule has 0 aliphatic carbocycles. The van der Waals surface area contributed by atoms with Crippen molar-refractivity contribution in [2.45, 2.75) is 6.92 Å². The van der Waals surface area contributed by atoms with Gasteiger partial charge in [-0.15, -0.1) is 10.2 Å². The van der Waals surface area contributed by atoms with Gasteiger partial charge in [-0.2, -0.15) is 0 Å². The molecule has 3 rings (SSSR count). The van der Waals surface area contributed by atoms with Crippen LogP contribution in [-0.4, -0.2) is 19.7 Å². The summed E-state index contributed by atoms with van der Waals surface area (Å²) >= 11 is 0. The number of aromatic nitrogens is 4. The molecular weight excluding hydrogens is 200 g/mol. The molecule has 1 N–H and O–H groups in total. The highest BCUT2D eigenvalue weighted by atomic mass is 15.3. The van der Waals surface area contributed by atoms with Crippen molar-refractivity contribution in [1.82, 2.24) is 19.7 Å². The highest BCUT2D eigenvalue weighted by Gasteiger charge is 2.11. The minimum Gasteiger partial charge on any atom is -0.360 e. The molecule has 0 radical (unpaired) electrons. The first-order valence-corrected chi connectivity index (χ1v) is 5.20. The summed E-state index contributed by atoms with van der Waals surface area (Å²) in [4.78, 5) is 3.24. The Kier molecular flexibility index (Phi) is 1.83. The number of benzene rings is 1. The first kappa shape index (κ1) is 9.15. The Bertz CT molecular complexity index is 648. The number of para-hydroxylation sites is 1. The summed E-state index contributed by atoms with van der Waals surface area (Å²) in [5, 5.41) is 9.46. The topological polar surface area (TPSA) is 46.5 Å². The largest absolute Gasteiger partial charge is 0.360 e. The molecule has 2 heterocycles. The molecule has 0 bridgehead atoms. The van der Waals surface area contributed by atoms with Crippen molar-refractivity contribution in [2.75, 3.05) is 0 Å². The van der Waals surface area contributed by atoms with E-state index in [9.17, 15) is 0 Å². The predicted molar refractivity (Wildman–Crippen MR) is 63.0 cm³/mol. The Morgan fingerprint density at radius 2 is 2.00 bits per heavy atom. The monoisotopic (exact) mass is 212 g/mol. The van der Waals surface area contributed by atoms with Gasteiger partial charge in [0.25, 0.3) is 0 Å². The van der Waals surface area contributed by atoms with Gasteiger partial charge in [0.1, 0.15) is 5.82 Å². The number of H-pyrrole nitrogens is 1. The van der Waals surface area contributed by atoms with Crippen molar-refractivity contribution in [3.05, 3.63) is 36.3 Å². The molecule has 0 atom stereocenters. The molecule has 0 amide bonds. The second-order valence-corrected chi connectivity index (χ2v) is 3.88. The average Bonchev–Trinajstić information content (AvgIpc) is 2.85. The van der Waals surface area contributed by atoms with Crippen LogP contribution in [0.3, 0.4) is 0 Å². The second kappa shape index (κ2) is 3.20. The van der Waals surface area contributed by atoms with Crippen LogP contribution in [0.15, 0.2) is 30.5 Å². The fraction of sp³-hybridized carbons (Fsp3) is 0.167. The van der Waals surface area contributed by atoms with Crippen molar-refractivity contribution < 1.29 is 0 Å². The van der Waals surface area contributed by atoms with Gasteiger partial charge in [0, 0.05) is 29.7 Å². The molecule has 0 aliphatic rings. The molecule has 2 aromatic heterocycles. The number of aryl methyl sites for hydroxylation is 1. The maximum atomic E-state index is 4.20. The number of nitrogens with zero attached hydrogens (tertiary/aromatic N) is 3. The van der Waals surface area contributed by atoms with Crippen LogP contribution in [0.2, 0.25) is 0 Å². The van der Waals surface area contributed by atoms with Crippen LogP contribution in [0, 0.1) is 6.92 Å². The first-order valence-electron chi connectivity index (χ1n) is 5.20. The third-order valence-electron chi connectivity index (χ3n) is 2.92. The number of hydrogen-bond acceptors (Lipinski definition) is 2. The molecule has 0 saturated carbocycles. The average molecular weight is 212 g/mol. The Morgan fingerprint density at radius 3 is 2.75 bits per heavy atom. The second-order valence-electron chi connectivity index (χ2n) is 3.88. The van der Waals surface area contributed by atoms with Gasteiger partial charge in [0.05, 0.1) is 0 Å². The molecule has 3 aromatic rings. The van der Waals surface area contributed by atoms with Crippen LogP contribution < -0.4 is 0 Å². The maximum Gasteiger partial charge on any atom is 0.165 e. The summed E-state index contributed by atoms with van der Waals surface area (Å²) in [5.74, 6) is 1.82. The summed E-state index contributed by atoms with van der Waals surface area (Å²) in [6.07, 6.45) is 1.98. The van der Waals surface area contributed by atoms with Crippen molar-refractivity contribution in [3.63, 3.8) is 0 Å².